The Hall–Kier alpha value is -1.35. The number of piperidine rings is 1. The highest BCUT2D eigenvalue weighted by Crippen LogP contribution is 2.20. The number of ketones is 1. The molecule has 1 fully saturated rings. The second-order valence-corrected chi connectivity index (χ2v) is 4.54. The first-order valence-electron chi connectivity index (χ1n) is 6.49. The van der Waals surface area contributed by atoms with E-state index in [0.29, 0.717) is 18.1 Å². The van der Waals surface area contributed by atoms with Crippen molar-refractivity contribution in [2.75, 3.05) is 20.2 Å². The van der Waals surface area contributed by atoms with E-state index in [1.54, 1.807) is 7.11 Å². The lowest BCUT2D eigenvalue weighted by molar-refractivity contribution is -0.123. The molecule has 1 unspecified atom stereocenters. The normalized spacial score (nSPS) is 21.3. The van der Waals surface area contributed by atoms with E-state index in [4.69, 9.17) is 4.74 Å². The molecule has 100 valence electrons. The lowest BCUT2D eigenvalue weighted by Crippen LogP contribution is -2.36. The minimum atomic E-state index is 0.191. The second-order valence-electron chi connectivity index (χ2n) is 4.54. The molecule has 0 radical (unpaired) electrons. The van der Waals surface area contributed by atoms with Gasteiger partial charge in [0.05, 0.1) is 13.7 Å². The lowest BCUT2D eigenvalue weighted by Gasteiger charge is -2.22. The van der Waals surface area contributed by atoms with Crippen LogP contribution in [0, 0.1) is 5.92 Å². The van der Waals surface area contributed by atoms with Crippen LogP contribution in [-0.4, -0.2) is 26.0 Å². The van der Waals surface area contributed by atoms with Gasteiger partial charge in [-0.25, -0.2) is 0 Å². The van der Waals surface area contributed by atoms with Crippen molar-refractivity contribution in [3.8, 4) is 0 Å². The van der Waals surface area contributed by atoms with Gasteiger partial charge in [-0.15, -0.1) is 0 Å². The second kappa shape index (κ2) is 7.88. The van der Waals surface area contributed by atoms with Crippen LogP contribution in [-0.2, 0) is 9.53 Å². The quantitative estimate of drug-likeness (QED) is 0.581. The van der Waals surface area contributed by atoms with E-state index in [9.17, 15) is 4.79 Å². The van der Waals surface area contributed by atoms with Crippen LogP contribution >= 0.6 is 0 Å². The fourth-order valence-corrected chi connectivity index (χ4v) is 2.02. The van der Waals surface area contributed by atoms with Gasteiger partial charge >= 0.3 is 0 Å². The van der Waals surface area contributed by atoms with Crippen molar-refractivity contribution in [3.63, 3.8) is 0 Å². The minimum Gasteiger partial charge on any atom is -0.497 e. The molecule has 1 aliphatic heterocycles. The zero-order valence-electron chi connectivity index (χ0n) is 11.4. The Kier molecular flexibility index (Phi) is 6.44. The molecular weight excluding hydrogens is 226 g/mol. The Labute approximate surface area is 110 Å². The number of carbonyl (C=O) groups is 1. The van der Waals surface area contributed by atoms with E-state index in [1.807, 2.05) is 12.2 Å². The minimum absolute atomic E-state index is 0.191. The highest BCUT2D eigenvalue weighted by molar-refractivity contribution is 5.83. The Morgan fingerprint density at radius 3 is 3.00 bits per heavy atom. The Morgan fingerprint density at radius 1 is 1.61 bits per heavy atom. The molecule has 0 aromatic rings. The van der Waals surface area contributed by atoms with E-state index in [0.717, 1.165) is 25.8 Å². The van der Waals surface area contributed by atoms with Gasteiger partial charge in [0, 0.05) is 5.92 Å². The summed E-state index contributed by atoms with van der Waals surface area (Å²) in [6.45, 7) is 7.32. The fourth-order valence-electron chi connectivity index (χ4n) is 2.02. The Balaban J connectivity index is 2.55. The van der Waals surface area contributed by atoms with Crippen molar-refractivity contribution in [2.24, 2.45) is 5.92 Å². The number of hydrogen-bond donors (Lipinski definition) is 1. The maximum Gasteiger partial charge on any atom is 0.150 e. The summed E-state index contributed by atoms with van der Waals surface area (Å²) < 4.78 is 4.96. The van der Waals surface area contributed by atoms with Crippen LogP contribution in [0.3, 0.4) is 0 Å². The molecule has 0 spiro atoms. The molecule has 0 saturated carbocycles. The highest BCUT2D eigenvalue weighted by Gasteiger charge is 2.22. The van der Waals surface area contributed by atoms with Gasteiger partial charge < -0.3 is 10.1 Å². The third kappa shape index (κ3) is 4.88. The molecule has 0 amide bonds. The van der Waals surface area contributed by atoms with E-state index in [2.05, 4.69) is 24.9 Å². The Morgan fingerprint density at radius 2 is 2.39 bits per heavy atom. The number of Topliss-reactive ketones (excluding diaryl/α,β-unsaturated/α-hetero) is 1. The summed E-state index contributed by atoms with van der Waals surface area (Å²) in [5.41, 5.74) is 1.30. The molecule has 0 bridgehead atoms. The first-order chi connectivity index (χ1) is 8.67. The number of nitrogens with one attached hydrogen (secondary N) is 1. The summed E-state index contributed by atoms with van der Waals surface area (Å²) in [5, 5.41) is 3.11. The van der Waals surface area contributed by atoms with E-state index in [1.165, 1.54) is 5.57 Å². The smallest absolute Gasteiger partial charge is 0.150 e. The zero-order chi connectivity index (χ0) is 13.4. The molecule has 1 atom stereocenters. The summed E-state index contributed by atoms with van der Waals surface area (Å²) in [7, 11) is 1.60. The monoisotopic (exact) mass is 249 g/mol. The maximum atomic E-state index is 11.7. The third-order valence-corrected chi connectivity index (χ3v) is 3.26. The number of carbonyl (C=O) groups excluding carboxylic acids is 1. The molecule has 0 aromatic heterocycles. The van der Waals surface area contributed by atoms with E-state index in [-0.39, 0.29) is 5.92 Å². The van der Waals surface area contributed by atoms with Crippen molar-refractivity contribution < 1.29 is 9.53 Å². The van der Waals surface area contributed by atoms with Gasteiger partial charge in [0.15, 0.2) is 0 Å². The van der Waals surface area contributed by atoms with Crippen LogP contribution in [0.4, 0.5) is 0 Å². The van der Waals surface area contributed by atoms with Crippen molar-refractivity contribution in [3.05, 3.63) is 36.1 Å². The van der Waals surface area contributed by atoms with Gasteiger partial charge in [0.1, 0.15) is 11.5 Å². The molecule has 1 heterocycles. The van der Waals surface area contributed by atoms with Crippen LogP contribution in [0.1, 0.15) is 26.2 Å². The molecule has 3 nitrogen and oxygen atoms in total. The molecule has 3 heteroatoms. The lowest BCUT2D eigenvalue weighted by atomic mass is 9.89. The first kappa shape index (κ1) is 14.7. The van der Waals surface area contributed by atoms with Crippen molar-refractivity contribution in [1.29, 1.82) is 0 Å². The predicted octanol–water partition coefficient (Wildman–Crippen LogP) is 2.61. The summed E-state index contributed by atoms with van der Waals surface area (Å²) >= 11 is 0. The average molecular weight is 249 g/mol. The van der Waals surface area contributed by atoms with Crippen LogP contribution in [0.15, 0.2) is 36.1 Å². The van der Waals surface area contributed by atoms with Gasteiger partial charge in [-0.3, -0.25) is 4.79 Å². The van der Waals surface area contributed by atoms with Gasteiger partial charge in [0.25, 0.3) is 0 Å². The van der Waals surface area contributed by atoms with Crippen LogP contribution < -0.4 is 5.32 Å². The van der Waals surface area contributed by atoms with Crippen LogP contribution in [0.25, 0.3) is 0 Å². The van der Waals surface area contributed by atoms with E-state index >= 15 is 0 Å². The van der Waals surface area contributed by atoms with Gasteiger partial charge in [0.2, 0.25) is 0 Å². The molecule has 1 N–H and O–H groups in total. The first-order valence-corrected chi connectivity index (χ1v) is 6.49. The SMILES string of the molecule is C=C(C=CC=C(CC)CC1CCNCC1=O)OC. The summed E-state index contributed by atoms with van der Waals surface area (Å²) in [5.74, 6) is 1.17. The molecule has 0 aromatic carbocycles. The van der Waals surface area contributed by atoms with Gasteiger partial charge in [-0.05, 0) is 31.9 Å². The maximum absolute atomic E-state index is 11.7. The third-order valence-electron chi connectivity index (χ3n) is 3.26. The number of ether oxygens (including phenoxy) is 1. The summed E-state index contributed by atoms with van der Waals surface area (Å²) in [4.78, 5) is 11.7. The molecular formula is C15H23NO2. The summed E-state index contributed by atoms with van der Waals surface area (Å²) in [6.07, 6.45) is 8.64. The molecule has 1 aliphatic rings. The zero-order valence-corrected chi connectivity index (χ0v) is 11.4. The number of rotatable bonds is 6. The largest absolute Gasteiger partial charge is 0.497 e. The topological polar surface area (TPSA) is 38.3 Å². The molecule has 1 saturated heterocycles. The van der Waals surface area contributed by atoms with Gasteiger partial charge in [-0.2, -0.15) is 0 Å². The molecule has 18 heavy (non-hydrogen) atoms. The van der Waals surface area contributed by atoms with Crippen molar-refractivity contribution in [2.45, 2.75) is 26.2 Å². The Bertz CT molecular complexity index is 356. The average Bonchev–Trinajstić information content (AvgIpc) is 2.39. The van der Waals surface area contributed by atoms with Crippen molar-refractivity contribution >= 4 is 5.78 Å². The summed E-state index contributed by atoms with van der Waals surface area (Å²) in [6, 6.07) is 0. The molecule has 1 rings (SSSR count). The van der Waals surface area contributed by atoms with Crippen LogP contribution in [0.2, 0.25) is 0 Å². The van der Waals surface area contributed by atoms with Gasteiger partial charge in [-0.1, -0.05) is 31.2 Å². The highest BCUT2D eigenvalue weighted by atomic mass is 16.5. The van der Waals surface area contributed by atoms with Crippen LogP contribution in [0.5, 0.6) is 0 Å². The van der Waals surface area contributed by atoms with Crippen molar-refractivity contribution in [1.82, 2.24) is 5.32 Å². The number of hydrogen-bond acceptors (Lipinski definition) is 3. The van der Waals surface area contributed by atoms with E-state index < -0.39 is 0 Å². The standard InChI is InChI=1S/C15H23NO2/c1-4-13(7-5-6-12(2)18-3)10-14-8-9-16-11-15(14)17/h5-7,14,16H,2,4,8-11H2,1,3H3. The fraction of sp³-hybridized carbons (Fsp3) is 0.533. The number of methoxy groups -OCH3 is 1. The predicted molar refractivity (Wildman–Crippen MR) is 74.3 cm³/mol. The molecule has 0 aliphatic carbocycles. The number of allylic oxidation sites excluding steroid dienone is 4.